The average Bonchev–Trinajstić information content (AvgIpc) is 2.36. The molecule has 0 aliphatic rings. The maximum absolute atomic E-state index is 13.3. The lowest BCUT2D eigenvalue weighted by atomic mass is 10.2. The van der Waals surface area contributed by atoms with Gasteiger partial charge in [0.25, 0.3) is 0 Å². The summed E-state index contributed by atoms with van der Waals surface area (Å²) in [5, 5.41) is 9.05. The van der Waals surface area contributed by atoms with Crippen LogP contribution in [0.15, 0.2) is 50.2 Å². The van der Waals surface area contributed by atoms with Crippen molar-refractivity contribution >= 4 is 49.6 Å². The molecule has 6 heteroatoms. The fourth-order valence-corrected chi connectivity index (χ4v) is 3.41. The van der Waals surface area contributed by atoms with Crippen LogP contribution in [0, 0.1) is 5.82 Å². The Labute approximate surface area is 136 Å². The number of hydrogen-bond donors (Lipinski definition) is 1. The summed E-state index contributed by atoms with van der Waals surface area (Å²) in [4.78, 5) is 11.9. The first-order valence-corrected chi connectivity index (χ1v) is 8.13. The van der Waals surface area contributed by atoms with E-state index in [0.717, 1.165) is 10.5 Å². The molecule has 0 saturated heterocycles. The van der Waals surface area contributed by atoms with E-state index < -0.39 is 5.97 Å². The van der Waals surface area contributed by atoms with E-state index >= 15 is 0 Å². The van der Waals surface area contributed by atoms with Crippen molar-refractivity contribution in [3.05, 3.63) is 62.3 Å². The maximum atomic E-state index is 13.3. The van der Waals surface area contributed by atoms with E-state index in [9.17, 15) is 9.18 Å². The zero-order valence-corrected chi connectivity index (χ0v) is 14.1. The molecule has 2 aromatic carbocycles. The topological polar surface area (TPSA) is 37.3 Å². The van der Waals surface area contributed by atoms with Gasteiger partial charge in [0, 0.05) is 19.6 Å². The molecule has 20 heavy (non-hydrogen) atoms. The van der Waals surface area contributed by atoms with Gasteiger partial charge in [0.2, 0.25) is 0 Å². The zero-order chi connectivity index (χ0) is 14.7. The third kappa shape index (κ3) is 4.07. The van der Waals surface area contributed by atoms with Crippen LogP contribution in [-0.4, -0.2) is 11.1 Å². The molecule has 0 saturated carbocycles. The molecule has 0 bridgehead atoms. The van der Waals surface area contributed by atoms with Crippen molar-refractivity contribution in [1.29, 1.82) is 0 Å². The third-order valence-electron chi connectivity index (χ3n) is 2.50. The van der Waals surface area contributed by atoms with E-state index in [-0.39, 0.29) is 11.4 Å². The highest BCUT2D eigenvalue weighted by Gasteiger charge is 2.09. The fourth-order valence-electron chi connectivity index (χ4n) is 1.62. The van der Waals surface area contributed by atoms with E-state index in [1.807, 2.05) is 12.1 Å². The Kier molecular flexibility index (Phi) is 5.23. The summed E-state index contributed by atoms with van der Waals surface area (Å²) >= 11 is 7.91. The predicted molar refractivity (Wildman–Crippen MR) is 84.8 cm³/mol. The van der Waals surface area contributed by atoms with E-state index in [1.165, 1.54) is 23.9 Å². The van der Waals surface area contributed by atoms with Crippen molar-refractivity contribution in [3.8, 4) is 0 Å². The summed E-state index contributed by atoms with van der Waals surface area (Å²) in [7, 11) is 0. The van der Waals surface area contributed by atoms with Crippen molar-refractivity contribution in [1.82, 2.24) is 0 Å². The monoisotopic (exact) mass is 418 g/mol. The lowest BCUT2D eigenvalue weighted by Crippen LogP contribution is -1.97. The van der Waals surface area contributed by atoms with Gasteiger partial charge >= 0.3 is 5.97 Å². The molecule has 0 unspecified atom stereocenters. The number of carboxylic acids is 1. The molecule has 2 aromatic rings. The van der Waals surface area contributed by atoms with Gasteiger partial charge in [0.1, 0.15) is 5.82 Å². The standard InChI is InChI=1S/C14H9Br2FO2S/c15-9-3-8(4-10(17)5-9)7-20-11-1-2-13(16)12(6-11)14(18)19/h1-6H,7H2,(H,18,19). The molecule has 1 N–H and O–H groups in total. The normalized spacial score (nSPS) is 10.6. The molecule has 104 valence electrons. The molecule has 0 spiro atoms. The van der Waals surface area contributed by atoms with Crippen LogP contribution in [0.2, 0.25) is 0 Å². The highest BCUT2D eigenvalue weighted by molar-refractivity contribution is 9.10. The van der Waals surface area contributed by atoms with Gasteiger partial charge in [-0.15, -0.1) is 11.8 Å². The van der Waals surface area contributed by atoms with Gasteiger partial charge in [0.15, 0.2) is 0 Å². The summed E-state index contributed by atoms with van der Waals surface area (Å²) in [6.45, 7) is 0. The molecule has 2 nitrogen and oxygen atoms in total. The van der Waals surface area contributed by atoms with Crippen LogP contribution in [-0.2, 0) is 5.75 Å². The Morgan fingerprint density at radius 3 is 2.60 bits per heavy atom. The average molecular weight is 420 g/mol. The first-order valence-electron chi connectivity index (χ1n) is 5.56. The summed E-state index contributed by atoms with van der Waals surface area (Å²) in [5.41, 5.74) is 1.05. The third-order valence-corrected chi connectivity index (χ3v) is 4.71. The van der Waals surface area contributed by atoms with E-state index in [0.29, 0.717) is 14.7 Å². The molecular weight excluding hydrogens is 411 g/mol. The summed E-state index contributed by atoms with van der Waals surface area (Å²) in [6, 6.07) is 9.84. The fraction of sp³-hybridized carbons (Fsp3) is 0.0714. The van der Waals surface area contributed by atoms with Crippen molar-refractivity contribution < 1.29 is 14.3 Å². The lowest BCUT2D eigenvalue weighted by molar-refractivity contribution is 0.0695. The second-order valence-corrected chi connectivity index (χ2v) is 6.83. The Bertz CT molecular complexity index is 641. The molecule has 0 heterocycles. The second-order valence-electron chi connectivity index (χ2n) is 4.01. The number of halogens is 3. The number of carbonyl (C=O) groups is 1. The predicted octanol–water partition coefficient (Wildman–Crippen LogP) is 5.34. The van der Waals surface area contributed by atoms with Crippen LogP contribution in [0.1, 0.15) is 15.9 Å². The largest absolute Gasteiger partial charge is 0.478 e. The summed E-state index contributed by atoms with van der Waals surface area (Å²) in [5.74, 6) is -0.707. The molecule has 0 radical (unpaired) electrons. The van der Waals surface area contributed by atoms with Crippen LogP contribution in [0.3, 0.4) is 0 Å². The number of benzene rings is 2. The summed E-state index contributed by atoms with van der Waals surface area (Å²) < 4.78 is 14.5. The van der Waals surface area contributed by atoms with Gasteiger partial charge in [-0.05, 0) is 57.9 Å². The quantitative estimate of drug-likeness (QED) is 0.679. The van der Waals surface area contributed by atoms with E-state index in [1.54, 1.807) is 12.1 Å². The first kappa shape index (κ1) is 15.5. The van der Waals surface area contributed by atoms with Crippen LogP contribution in [0.25, 0.3) is 0 Å². The highest BCUT2D eigenvalue weighted by atomic mass is 79.9. The minimum Gasteiger partial charge on any atom is -0.478 e. The van der Waals surface area contributed by atoms with Crippen molar-refractivity contribution in [2.45, 2.75) is 10.6 Å². The van der Waals surface area contributed by atoms with E-state index in [2.05, 4.69) is 31.9 Å². The Morgan fingerprint density at radius 1 is 1.20 bits per heavy atom. The number of hydrogen-bond acceptors (Lipinski definition) is 2. The molecule has 0 aromatic heterocycles. The maximum Gasteiger partial charge on any atom is 0.336 e. The lowest BCUT2D eigenvalue weighted by Gasteiger charge is -2.06. The Hall–Kier alpha value is -0.850. The second kappa shape index (κ2) is 6.74. The van der Waals surface area contributed by atoms with Gasteiger partial charge in [-0.2, -0.15) is 0 Å². The zero-order valence-electron chi connectivity index (χ0n) is 10.1. The van der Waals surface area contributed by atoms with Crippen LogP contribution < -0.4 is 0 Å². The van der Waals surface area contributed by atoms with Crippen LogP contribution in [0.5, 0.6) is 0 Å². The molecule has 0 aliphatic carbocycles. The number of carboxylic acid groups (broad SMARTS) is 1. The molecule has 0 amide bonds. The molecule has 0 aliphatic heterocycles. The van der Waals surface area contributed by atoms with Gasteiger partial charge in [-0.25, -0.2) is 9.18 Å². The van der Waals surface area contributed by atoms with Gasteiger partial charge in [0.05, 0.1) is 5.56 Å². The first-order chi connectivity index (χ1) is 9.45. The van der Waals surface area contributed by atoms with Crippen molar-refractivity contribution in [2.75, 3.05) is 0 Å². The minimum atomic E-state index is -0.979. The number of thioether (sulfide) groups is 1. The van der Waals surface area contributed by atoms with Crippen LogP contribution >= 0.6 is 43.6 Å². The van der Waals surface area contributed by atoms with Crippen molar-refractivity contribution in [2.24, 2.45) is 0 Å². The SMILES string of the molecule is O=C(O)c1cc(SCc2cc(F)cc(Br)c2)ccc1Br. The number of aromatic carboxylic acids is 1. The van der Waals surface area contributed by atoms with Crippen molar-refractivity contribution in [3.63, 3.8) is 0 Å². The number of rotatable bonds is 4. The molecule has 2 rings (SSSR count). The molecule has 0 atom stereocenters. The smallest absolute Gasteiger partial charge is 0.336 e. The van der Waals surface area contributed by atoms with Crippen LogP contribution in [0.4, 0.5) is 4.39 Å². The Morgan fingerprint density at radius 2 is 1.95 bits per heavy atom. The molecular formula is C14H9Br2FO2S. The minimum absolute atomic E-state index is 0.218. The Balaban J connectivity index is 2.14. The highest BCUT2D eigenvalue weighted by Crippen LogP contribution is 2.28. The molecule has 0 fully saturated rings. The van der Waals surface area contributed by atoms with E-state index in [4.69, 9.17) is 5.11 Å². The van der Waals surface area contributed by atoms with Gasteiger partial charge in [-0.3, -0.25) is 0 Å². The van der Waals surface area contributed by atoms with Gasteiger partial charge in [-0.1, -0.05) is 15.9 Å². The summed E-state index contributed by atoms with van der Waals surface area (Å²) in [6.07, 6.45) is 0. The van der Waals surface area contributed by atoms with Gasteiger partial charge < -0.3 is 5.11 Å².